The summed E-state index contributed by atoms with van der Waals surface area (Å²) in [6.45, 7) is 6.72. The predicted molar refractivity (Wildman–Crippen MR) is 101 cm³/mol. The van der Waals surface area contributed by atoms with Crippen molar-refractivity contribution in [1.29, 1.82) is 0 Å². The molecular formula is C19H22N2O4S. The molecule has 0 unspecified atom stereocenters. The zero-order valence-corrected chi connectivity index (χ0v) is 15.9. The van der Waals surface area contributed by atoms with E-state index in [1.165, 1.54) is 12.1 Å². The maximum Gasteiger partial charge on any atom is 0.261 e. The molecule has 0 aliphatic carbocycles. The highest BCUT2D eigenvalue weighted by Gasteiger charge is 2.22. The average Bonchev–Trinajstić information content (AvgIpc) is 2.59. The van der Waals surface area contributed by atoms with E-state index < -0.39 is 10.0 Å². The molecule has 0 aromatic heterocycles. The van der Waals surface area contributed by atoms with Crippen LogP contribution in [0.3, 0.4) is 0 Å². The van der Waals surface area contributed by atoms with Crippen molar-refractivity contribution in [2.45, 2.75) is 25.7 Å². The summed E-state index contributed by atoms with van der Waals surface area (Å²) in [6, 6.07) is 10.2. The Morgan fingerprint density at radius 1 is 1.04 bits per heavy atom. The van der Waals surface area contributed by atoms with Crippen LogP contribution < -0.4 is 9.62 Å². The highest BCUT2D eigenvalue weighted by atomic mass is 32.2. The van der Waals surface area contributed by atoms with Gasteiger partial charge in [-0.3, -0.25) is 9.52 Å². The van der Waals surface area contributed by atoms with Crippen molar-refractivity contribution >= 4 is 27.3 Å². The van der Waals surface area contributed by atoms with Crippen molar-refractivity contribution in [3.8, 4) is 0 Å². The van der Waals surface area contributed by atoms with Crippen LogP contribution in [-0.2, 0) is 19.6 Å². The van der Waals surface area contributed by atoms with Crippen molar-refractivity contribution in [1.82, 2.24) is 0 Å². The number of amides is 1. The van der Waals surface area contributed by atoms with Crippen molar-refractivity contribution in [3.05, 3.63) is 53.1 Å². The molecule has 1 aliphatic rings. The number of anilines is 2. The minimum atomic E-state index is -3.71. The number of sulfonamides is 1. The lowest BCUT2D eigenvalue weighted by Gasteiger charge is -2.26. The number of nitrogens with one attached hydrogen (secondary N) is 1. The fraction of sp³-hybridized carbons (Fsp3) is 0.316. The third-order valence-electron chi connectivity index (χ3n) is 4.36. The van der Waals surface area contributed by atoms with Gasteiger partial charge in [0.25, 0.3) is 15.9 Å². The van der Waals surface area contributed by atoms with E-state index >= 15 is 0 Å². The first kappa shape index (κ1) is 18.4. The molecular weight excluding hydrogens is 352 g/mol. The van der Waals surface area contributed by atoms with Crippen LogP contribution in [0, 0.1) is 20.8 Å². The third-order valence-corrected chi connectivity index (χ3v) is 5.72. The highest BCUT2D eigenvalue weighted by molar-refractivity contribution is 7.92. The summed E-state index contributed by atoms with van der Waals surface area (Å²) in [5, 5.41) is 0. The van der Waals surface area contributed by atoms with Gasteiger partial charge in [0.2, 0.25) is 0 Å². The summed E-state index contributed by atoms with van der Waals surface area (Å²) in [5.41, 5.74) is 4.11. The van der Waals surface area contributed by atoms with Crippen molar-refractivity contribution in [2.24, 2.45) is 0 Å². The molecule has 26 heavy (non-hydrogen) atoms. The molecule has 2 aromatic carbocycles. The number of nitrogens with zero attached hydrogens (tertiary/aromatic N) is 1. The molecule has 1 amide bonds. The van der Waals surface area contributed by atoms with Gasteiger partial charge in [-0.05, 0) is 56.2 Å². The number of ether oxygens (including phenoxy) is 1. The number of carbonyl (C=O) groups is 1. The number of aryl methyl sites for hydroxylation is 3. The summed E-state index contributed by atoms with van der Waals surface area (Å²) in [5.74, 6) is -0.129. The summed E-state index contributed by atoms with van der Waals surface area (Å²) < 4.78 is 33.3. The average molecular weight is 374 g/mol. The van der Waals surface area contributed by atoms with Gasteiger partial charge in [0.05, 0.1) is 17.2 Å². The fourth-order valence-corrected chi connectivity index (χ4v) is 4.33. The second-order valence-corrected chi connectivity index (χ2v) is 8.15. The number of hydrogen-bond acceptors (Lipinski definition) is 4. The van der Waals surface area contributed by atoms with Gasteiger partial charge in [0, 0.05) is 12.2 Å². The van der Waals surface area contributed by atoms with E-state index in [1.54, 1.807) is 17.0 Å². The zero-order chi connectivity index (χ0) is 18.9. The summed E-state index contributed by atoms with van der Waals surface area (Å²) in [7, 11) is -3.71. The minimum absolute atomic E-state index is 0.0492. The van der Waals surface area contributed by atoms with Crippen LogP contribution in [0.15, 0.2) is 41.3 Å². The van der Waals surface area contributed by atoms with Crippen LogP contribution in [0.1, 0.15) is 16.7 Å². The molecule has 1 fully saturated rings. The Labute approximate surface area is 153 Å². The molecule has 1 N–H and O–H groups in total. The molecule has 0 spiro atoms. The van der Waals surface area contributed by atoms with E-state index in [0.717, 1.165) is 16.7 Å². The van der Waals surface area contributed by atoms with E-state index in [-0.39, 0.29) is 17.4 Å². The Hall–Kier alpha value is -2.38. The van der Waals surface area contributed by atoms with E-state index in [0.29, 0.717) is 24.5 Å². The first-order valence-electron chi connectivity index (χ1n) is 8.37. The third kappa shape index (κ3) is 3.73. The Kier molecular flexibility index (Phi) is 5.02. The highest BCUT2D eigenvalue weighted by Crippen LogP contribution is 2.26. The normalized spacial score (nSPS) is 15.2. The Morgan fingerprint density at radius 3 is 2.23 bits per heavy atom. The molecule has 3 rings (SSSR count). The van der Waals surface area contributed by atoms with E-state index in [2.05, 4.69) is 4.72 Å². The topological polar surface area (TPSA) is 75.7 Å². The molecule has 2 aromatic rings. The maximum atomic E-state index is 12.7. The molecule has 1 saturated heterocycles. The molecule has 7 heteroatoms. The molecule has 138 valence electrons. The molecule has 6 nitrogen and oxygen atoms in total. The van der Waals surface area contributed by atoms with Gasteiger partial charge in [0.1, 0.15) is 6.61 Å². The summed E-state index contributed by atoms with van der Waals surface area (Å²) in [4.78, 5) is 13.6. The summed E-state index contributed by atoms with van der Waals surface area (Å²) in [6.07, 6.45) is 0. The molecule has 0 bridgehead atoms. The van der Waals surface area contributed by atoms with Gasteiger partial charge in [-0.2, -0.15) is 0 Å². The van der Waals surface area contributed by atoms with Crippen LogP contribution in [-0.4, -0.2) is 34.1 Å². The van der Waals surface area contributed by atoms with Gasteiger partial charge in [-0.1, -0.05) is 17.7 Å². The molecule has 0 radical (unpaired) electrons. The number of carbonyl (C=O) groups excluding carboxylic acids is 1. The predicted octanol–water partition coefficient (Wildman–Crippen LogP) is 2.78. The smallest absolute Gasteiger partial charge is 0.261 e. The van der Waals surface area contributed by atoms with Gasteiger partial charge >= 0.3 is 0 Å². The van der Waals surface area contributed by atoms with Gasteiger partial charge in [0.15, 0.2) is 0 Å². The van der Waals surface area contributed by atoms with Crippen molar-refractivity contribution in [3.63, 3.8) is 0 Å². The fourth-order valence-electron chi connectivity index (χ4n) is 3.13. The summed E-state index contributed by atoms with van der Waals surface area (Å²) >= 11 is 0. The van der Waals surface area contributed by atoms with Gasteiger partial charge in [-0.25, -0.2) is 8.42 Å². The first-order chi connectivity index (χ1) is 12.3. The Morgan fingerprint density at radius 2 is 1.65 bits per heavy atom. The Balaban J connectivity index is 1.85. The number of rotatable bonds is 4. The van der Waals surface area contributed by atoms with Crippen molar-refractivity contribution in [2.75, 3.05) is 29.4 Å². The zero-order valence-electron chi connectivity index (χ0n) is 15.1. The van der Waals surface area contributed by atoms with Crippen LogP contribution in [0.4, 0.5) is 11.4 Å². The molecule has 0 saturated carbocycles. The van der Waals surface area contributed by atoms with E-state index in [1.807, 2.05) is 32.9 Å². The largest absolute Gasteiger partial charge is 0.370 e. The molecule has 1 heterocycles. The second kappa shape index (κ2) is 7.09. The lowest BCUT2D eigenvalue weighted by molar-refractivity contribution is -0.125. The van der Waals surface area contributed by atoms with E-state index in [4.69, 9.17) is 4.74 Å². The maximum absolute atomic E-state index is 12.7. The van der Waals surface area contributed by atoms with Crippen LogP contribution in [0.25, 0.3) is 0 Å². The van der Waals surface area contributed by atoms with Crippen LogP contribution in [0.2, 0.25) is 0 Å². The standard InChI is InChI=1S/C19H22N2O4S/c1-13-10-14(2)19(15(3)11-13)20-26(23,24)17-6-4-16(5-7-17)21-8-9-25-12-18(21)22/h4-7,10-11,20H,8-9,12H2,1-3H3. The number of morpholine rings is 1. The van der Waals surface area contributed by atoms with Crippen molar-refractivity contribution < 1.29 is 17.9 Å². The lowest BCUT2D eigenvalue weighted by Crippen LogP contribution is -2.41. The monoisotopic (exact) mass is 374 g/mol. The van der Waals surface area contributed by atoms with Crippen LogP contribution in [0.5, 0.6) is 0 Å². The number of hydrogen-bond donors (Lipinski definition) is 1. The first-order valence-corrected chi connectivity index (χ1v) is 9.85. The Bertz CT molecular complexity index is 914. The SMILES string of the molecule is Cc1cc(C)c(NS(=O)(=O)c2ccc(N3CCOCC3=O)cc2)c(C)c1. The minimum Gasteiger partial charge on any atom is -0.370 e. The van der Waals surface area contributed by atoms with E-state index in [9.17, 15) is 13.2 Å². The lowest BCUT2D eigenvalue weighted by atomic mass is 10.1. The van der Waals surface area contributed by atoms with Crippen LogP contribution >= 0.6 is 0 Å². The van der Waals surface area contributed by atoms with Gasteiger partial charge < -0.3 is 9.64 Å². The number of benzene rings is 2. The quantitative estimate of drug-likeness (QED) is 0.893. The molecule has 1 aliphatic heterocycles. The van der Waals surface area contributed by atoms with Gasteiger partial charge in [-0.15, -0.1) is 0 Å². The second-order valence-electron chi connectivity index (χ2n) is 6.47. The molecule has 0 atom stereocenters.